The molecule has 1 N–H and O–H groups in total. The highest BCUT2D eigenvalue weighted by molar-refractivity contribution is 9.10. The van der Waals surface area contributed by atoms with Crippen LogP contribution >= 0.6 is 27.5 Å². The SMILES string of the molecule is Cn1cc(NCc2cc(Br)ccc2Cl)cn1. The lowest BCUT2D eigenvalue weighted by Crippen LogP contribution is -1.99. The monoisotopic (exact) mass is 299 g/mol. The Bertz CT molecular complexity index is 496. The first-order chi connectivity index (χ1) is 7.65. The second-order valence-corrected chi connectivity index (χ2v) is 4.81. The van der Waals surface area contributed by atoms with Crippen LogP contribution in [0.5, 0.6) is 0 Å². The topological polar surface area (TPSA) is 29.9 Å². The molecule has 0 aliphatic rings. The Morgan fingerprint density at radius 2 is 2.31 bits per heavy atom. The minimum atomic E-state index is 0.684. The zero-order valence-electron chi connectivity index (χ0n) is 8.74. The van der Waals surface area contributed by atoms with Crippen molar-refractivity contribution in [3.8, 4) is 0 Å². The quantitative estimate of drug-likeness (QED) is 0.941. The lowest BCUT2D eigenvalue weighted by Gasteiger charge is -2.06. The number of hydrogen-bond donors (Lipinski definition) is 1. The molecule has 1 aromatic carbocycles. The van der Waals surface area contributed by atoms with Crippen LogP contribution in [0.1, 0.15) is 5.56 Å². The molecule has 1 aromatic heterocycles. The number of nitrogens with zero attached hydrogens (tertiary/aromatic N) is 2. The number of aromatic nitrogens is 2. The second-order valence-electron chi connectivity index (χ2n) is 3.49. The third kappa shape index (κ3) is 2.77. The molecule has 0 fully saturated rings. The van der Waals surface area contributed by atoms with Crippen LogP contribution in [-0.4, -0.2) is 9.78 Å². The smallest absolute Gasteiger partial charge is 0.0729 e. The summed E-state index contributed by atoms with van der Waals surface area (Å²) in [7, 11) is 1.89. The van der Waals surface area contributed by atoms with Gasteiger partial charge in [-0.25, -0.2) is 0 Å². The van der Waals surface area contributed by atoms with Gasteiger partial charge >= 0.3 is 0 Å². The van der Waals surface area contributed by atoms with Crippen LogP contribution in [-0.2, 0) is 13.6 Å². The van der Waals surface area contributed by atoms with Crippen LogP contribution in [0, 0.1) is 0 Å². The van der Waals surface area contributed by atoms with Crippen molar-refractivity contribution in [2.45, 2.75) is 6.54 Å². The third-order valence-electron chi connectivity index (χ3n) is 2.20. The van der Waals surface area contributed by atoms with Crippen molar-refractivity contribution in [1.29, 1.82) is 0 Å². The zero-order valence-corrected chi connectivity index (χ0v) is 11.1. The molecule has 0 radical (unpaired) electrons. The van der Waals surface area contributed by atoms with Gasteiger partial charge in [0.2, 0.25) is 0 Å². The lowest BCUT2D eigenvalue weighted by molar-refractivity contribution is 0.768. The van der Waals surface area contributed by atoms with Gasteiger partial charge in [-0.05, 0) is 23.8 Å². The molecule has 3 nitrogen and oxygen atoms in total. The van der Waals surface area contributed by atoms with Gasteiger partial charge in [0.15, 0.2) is 0 Å². The van der Waals surface area contributed by atoms with E-state index >= 15 is 0 Å². The molecular weight excluding hydrogens is 289 g/mol. The Balaban J connectivity index is 2.07. The molecule has 0 amide bonds. The summed E-state index contributed by atoms with van der Waals surface area (Å²) in [6.07, 6.45) is 3.71. The van der Waals surface area contributed by atoms with E-state index in [1.54, 1.807) is 10.9 Å². The number of hydrogen-bond acceptors (Lipinski definition) is 2. The van der Waals surface area contributed by atoms with Crippen molar-refractivity contribution in [3.63, 3.8) is 0 Å². The molecule has 16 heavy (non-hydrogen) atoms. The summed E-state index contributed by atoms with van der Waals surface area (Å²) in [5.74, 6) is 0. The summed E-state index contributed by atoms with van der Waals surface area (Å²) in [6, 6.07) is 5.81. The number of anilines is 1. The van der Waals surface area contributed by atoms with Gasteiger partial charge in [0.05, 0.1) is 11.9 Å². The van der Waals surface area contributed by atoms with Crippen molar-refractivity contribution in [2.24, 2.45) is 7.05 Å². The Morgan fingerprint density at radius 1 is 1.50 bits per heavy atom. The van der Waals surface area contributed by atoms with E-state index in [4.69, 9.17) is 11.6 Å². The fourth-order valence-corrected chi connectivity index (χ4v) is 1.98. The van der Waals surface area contributed by atoms with Crippen LogP contribution in [0.3, 0.4) is 0 Å². The first-order valence-corrected chi connectivity index (χ1v) is 5.99. The lowest BCUT2D eigenvalue weighted by atomic mass is 10.2. The van der Waals surface area contributed by atoms with Crippen LogP contribution in [0.4, 0.5) is 5.69 Å². The van der Waals surface area contributed by atoms with Crippen molar-refractivity contribution in [3.05, 3.63) is 45.7 Å². The molecule has 1 heterocycles. The van der Waals surface area contributed by atoms with Crippen molar-refractivity contribution in [1.82, 2.24) is 9.78 Å². The van der Waals surface area contributed by atoms with E-state index in [0.29, 0.717) is 6.54 Å². The normalized spacial score (nSPS) is 10.4. The first kappa shape index (κ1) is 11.5. The molecule has 2 aromatic rings. The van der Waals surface area contributed by atoms with Crippen molar-refractivity contribution in [2.75, 3.05) is 5.32 Å². The summed E-state index contributed by atoms with van der Waals surface area (Å²) in [4.78, 5) is 0. The predicted octanol–water partition coefficient (Wildman–Crippen LogP) is 3.45. The molecule has 5 heteroatoms. The summed E-state index contributed by atoms with van der Waals surface area (Å²) in [6.45, 7) is 0.684. The second kappa shape index (κ2) is 4.89. The fourth-order valence-electron chi connectivity index (χ4n) is 1.39. The standard InChI is InChI=1S/C11H11BrClN3/c1-16-7-10(6-15-16)14-5-8-4-9(12)2-3-11(8)13/h2-4,6-7,14H,5H2,1H3. The van der Waals surface area contributed by atoms with Crippen molar-refractivity contribution >= 4 is 33.2 Å². The number of halogens is 2. The maximum Gasteiger partial charge on any atom is 0.0729 e. The highest BCUT2D eigenvalue weighted by Crippen LogP contribution is 2.21. The summed E-state index contributed by atoms with van der Waals surface area (Å²) >= 11 is 9.51. The van der Waals surface area contributed by atoms with Crippen LogP contribution < -0.4 is 5.32 Å². The predicted molar refractivity (Wildman–Crippen MR) is 69.7 cm³/mol. The number of aryl methyl sites for hydroxylation is 1. The Hall–Kier alpha value is -1.00. The molecule has 0 saturated heterocycles. The molecule has 2 rings (SSSR count). The van der Waals surface area contributed by atoms with E-state index in [1.807, 2.05) is 31.4 Å². The molecule has 0 spiro atoms. The van der Waals surface area contributed by atoms with E-state index in [9.17, 15) is 0 Å². The van der Waals surface area contributed by atoms with E-state index in [1.165, 1.54) is 0 Å². The number of nitrogens with one attached hydrogen (secondary N) is 1. The van der Waals surface area contributed by atoms with Gasteiger partial charge < -0.3 is 5.32 Å². The third-order valence-corrected chi connectivity index (χ3v) is 3.06. The largest absolute Gasteiger partial charge is 0.378 e. The summed E-state index contributed by atoms with van der Waals surface area (Å²) in [5.41, 5.74) is 2.04. The van der Waals surface area contributed by atoms with Crippen LogP contribution in [0.2, 0.25) is 5.02 Å². The van der Waals surface area contributed by atoms with Gasteiger partial charge in [-0.3, -0.25) is 4.68 Å². The molecule has 84 valence electrons. The van der Waals surface area contributed by atoms with E-state index in [2.05, 4.69) is 26.3 Å². The van der Waals surface area contributed by atoms with Gasteiger partial charge in [0.25, 0.3) is 0 Å². The number of rotatable bonds is 3. The van der Waals surface area contributed by atoms with Crippen molar-refractivity contribution < 1.29 is 0 Å². The van der Waals surface area contributed by atoms with Gasteiger partial charge in [-0.2, -0.15) is 5.10 Å². The van der Waals surface area contributed by atoms with E-state index in [0.717, 1.165) is 20.7 Å². The minimum absolute atomic E-state index is 0.684. The Morgan fingerprint density at radius 3 is 3.00 bits per heavy atom. The first-order valence-electron chi connectivity index (χ1n) is 4.81. The molecule has 0 unspecified atom stereocenters. The average Bonchev–Trinajstić information content (AvgIpc) is 2.66. The number of benzene rings is 1. The molecule has 0 saturated carbocycles. The molecule has 0 aliphatic carbocycles. The van der Waals surface area contributed by atoms with Gasteiger partial charge in [0, 0.05) is 29.3 Å². The summed E-state index contributed by atoms with van der Waals surface area (Å²) in [5, 5.41) is 8.11. The molecule has 0 aliphatic heterocycles. The molecular formula is C11H11BrClN3. The highest BCUT2D eigenvalue weighted by Gasteiger charge is 2.01. The highest BCUT2D eigenvalue weighted by atomic mass is 79.9. The average molecular weight is 301 g/mol. The Kier molecular flexibility index (Phi) is 3.51. The van der Waals surface area contributed by atoms with E-state index in [-0.39, 0.29) is 0 Å². The van der Waals surface area contributed by atoms with Gasteiger partial charge in [0.1, 0.15) is 0 Å². The molecule has 0 bridgehead atoms. The van der Waals surface area contributed by atoms with Gasteiger partial charge in [-0.1, -0.05) is 27.5 Å². The van der Waals surface area contributed by atoms with Gasteiger partial charge in [-0.15, -0.1) is 0 Å². The Labute approximate surface area is 108 Å². The van der Waals surface area contributed by atoms with Crippen LogP contribution in [0.15, 0.2) is 35.1 Å². The van der Waals surface area contributed by atoms with Crippen LogP contribution in [0.25, 0.3) is 0 Å². The minimum Gasteiger partial charge on any atom is -0.378 e. The zero-order chi connectivity index (χ0) is 11.5. The maximum absolute atomic E-state index is 6.09. The van der Waals surface area contributed by atoms with E-state index < -0.39 is 0 Å². The molecule has 0 atom stereocenters. The maximum atomic E-state index is 6.09. The summed E-state index contributed by atoms with van der Waals surface area (Å²) < 4.78 is 2.78. The fraction of sp³-hybridized carbons (Fsp3) is 0.182.